The smallest absolute Gasteiger partial charge is 0.244 e. The minimum atomic E-state index is -3.87. The topological polar surface area (TPSA) is 105 Å². The number of sulfonamides is 1. The van der Waals surface area contributed by atoms with Crippen molar-refractivity contribution in [3.05, 3.63) is 53.8 Å². The molecule has 11 heteroatoms. The lowest BCUT2D eigenvalue weighted by atomic mass is 10.1. The number of amides is 2. The number of hydrogen-bond acceptors (Lipinski definition) is 6. The van der Waals surface area contributed by atoms with Gasteiger partial charge in [0, 0.05) is 19.2 Å². The van der Waals surface area contributed by atoms with Crippen molar-refractivity contribution >= 4 is 27.5 Å². The van der Waals surface area contributed by atoms with Crippen LogP contribution in [-0.2, 0) is 26.2 Å². The second kappa shape index (κ2) is 10.7. The zero-order valence-electron chi connectivity index (χ0n) is 19.3. The van der Waals surface area contributed by atoms with Gasteiger partial charge in [0.05, 0.1) is 11.9 Å². The monoisotopic (exact) mass is 493 g/mol. The first kappa shape index (κ1) is 25.3. The molecule has 1 aliphatic rings. The number of anilines is 1. The third-order valence-electron chi connectivity index (χ3n) is 5.33. The molecule has 2 aromatic rings. The van der Waals surface area contributed by atoms with E-state index in [1.165, 1.54) is 41.3 Å². The van der Waals surface area contributed by atoms with E-state index in [1.54, 1.807) is 19.9 Å². The minimum absolute atomic E-state index is 0.00744. The molecule has 0 bridgehead atoms. The Morgan fingerprint density at radius 3 is 2.38 bits per heavy atom. The van der Waals surface area contributed by atoms with E-state index in [0.717, 1.165) is 10.6 Å². The van der Waals surface area contributed by atoms with Crippen LogP contribution in [0.2, 0.25) is 0 Å². The molecular weight excluding hydrogens is 465 g/mol. The Kier molecular flexibility index (Phi) is 7.98. The quantitative estimate of drug-likeness (QED) is 0.544. The molecule has 184 valence electrons. The highest BCUT2D eigenvalue weighted by molar-refractivity contribution is 7.92. The van der Waals surface area contributed by atoms with Gasteiger partial charge >= 0.3 is 0 Å². The Balaban J connectivity index is 1.93. The highest BCUT2D eigenvalue weighted by Crippen LogP contribution is 2.36. The predicted molar refractivity (Wildman–Crippen MR) is 124 cm³/mol. The number of nitrogens with zero attached hydrogens (tertiary/aromatic N) is 2. The molecular formula is C23H28FN3O6S. The van der Waals surface area contributed by atoms with E-state index in [9.17, 15) is 22.4 Å². The maximum absolute atomic E-state index is 13.5. The second-order valence-electron chi connectivity index (χ2n) is 7.77. The Morgan fingerprint density at radius 1 is 1.09 bits per heavy atom. The molecule has 34 heavy (non-hydrogen) atoms. The van der Waals surface area contributed by atoms with Crippen LogP contribution in [0.25, 0.3) is 0 Å². The second-order valence-corrected chi connectivity index (χ2v) is 9.68. The van der Waals surface area contributed by atoms with Crippen molar-refractivity contribution in [1.82, 2.24) is 10.2 Å². The van der Waals surface area contributed by atoms with Crippen LogP contribution in [-0.4, -0.2) is 57.3 Å². The van der Waals surface area contributed by atoms with Gasteiger partial charge in [-0.15, -0.1) is 0 Å². The molecule has 3 rings (SSSR count). The first-order valence-corrected chi connectivity index (χ1v) is 12.7. The number of carbonyl (C=O) groups excluding carboxylic acids is 2. The molecule has 0 saturated carbocycles. The van der Waals surface area contributed by atoms with Crippen LogP contribution in [0.5, 0.6) is 11.5 Å². The average molecular weight is 494 g/mol. The molecule has 1 heterocycles. The molecule has 0 aromatic heterocycles. The molecule has 2 aromatic carbocycles. The lowest BCUT2D eigenvalue weighted by molar-refractivity contribution is -0.140. The Bertz CT molecular complexity index is 1140. The third-order valence-corrected chi connectivity index (χ3v) is 6.47. The molecule has 1 N–H and O–H groups in total. The van der Waals surface area contributed by atoms with Crippen LogP contribution in [0.3, 0.4) is 0 Å². The fourth-order valence-electron chi connectivity index (χ4n) is 3.65. The van der Waals surface area contributed by atoms with Gasteiger partial charge in [0.1, 0.15) is 18.4 Å². The first-order chi connectivity index (χ1) is 16.1. The average Bonchev–Trinajstić information content (AvgIpc) is 3.26. The van der Waals surface area contributed by atoms with Gasteiger partial charge in [-0.1, -0.05) is 19.1 Å². The highest BCUT2D eigenvalue weighted by Gasteiger charge is 2.32. The Hall–Kier alpha value is -3.34. The van der Waals surface area contributed by atoms with Crippen molar-refractivity contribution in [3.8, 4) is 11.5 Å². The van der Waals surface area contributed by atoms with Crippen LogP contribution in [0.4, 0.5) is 10.1 Å². The first-order valence-electron chi connectivity index (χ1n) is 10.8. The van der Waals surface area contributed by atoms with Gasteiger partial charge in [0.2, 0.25) is 28.6 Å². The zero-order chi connectivity index (χ0) is 24.9. The molecule has 9 nitrogen and oxygen atoms in total. The maximum atomic E-state index is 13.5. The van der Waals surface area contributed by atoms with E-state index in [2.05, 4.69) is 5.32 Å². The van der Waals surface area contributed by atoms with Gasteiger partial charge in [0.15, 0.2) is 11.5 Å². The van der Waals surface area contributed by atoms with Gasteiger partial charge in [-0.25, -0.2) is 12.8 Å². The van der Waals surface area contributed by atoms with Crippen LogP contribution in [0, 0.1) is 5.82 Å². The van der Waals surface area contributed by atoms with E-state index in [0.29, 0.717) is 30.0 Å². The summed E-state index contributed by atoms with van der Waals surface area (Å²) in [5.41, 5.74) is 0.833. The summed E-state index contributed by atoms with van der Waals surface area (Å²) >= 11 is 0. The highest BCUT2D eigenvalue weighted by atomic mass is 32.2. The zero-order valence-corrected chi connectivity index (χ0v) is 20.1. The van der Waals surface area contributed by atoms with Crippen LogP contribution < -0.4 is 19.1 Å². The number of likely N-dealkylation sites (N-methyl/N-ethyl adjacent to an activating group) is 1. The number of fused-ring (bicyclic) bond motifs is 1. The lowest BCUT2D eigenvalue weighted by Gasteiger charge is -2.32. The van der Waals surface area contributed by atoms with Crippen molar-refractivity contribution in [2.24, 2.45) is 0 Å². The molecule has 1 atom stereocenters. The van der Waals surface area contributed by atoms with Gasteiger partial charge in [-0.05, 0) is 43.2 Å². The lowest BCUT2D eigenvalue weighted by Crippen LogP contribution is -2.52. The summed E-state index contributed by atoms with van der Waals surface area (Å²) in [6.07, 6.45) is 1.30. The largest absolute Gasteiger partial charge is 0.454 e. The molecule has 0 fully saturated rings. The van der Waals surface area contributed by atoms with E-state index >= 15 is 0 Å². The summed E-state index contributed by atoms with van der Waals surface area (Å²) < 4.78 is 50.2. The number of ether oxygens (including phenoxy) is 2. The molecule has 0 spiro atoms. The van der Waals surface area contributed by atoms with Gasteiger partial charge in [-0.2, -0.15) is 0 Å². The Morgan fingerprint density at radius 2 is 1.76 bits per heavy atom. The number of rotatable bonds is 10. The van der Waals surface area contributed by atoms with Crippen molar-refractivity contribution in [1.29, 1.82) is 0 Å². The summed E-state index contributed by atoms with van der Waals surface area (Å²) in [7, 11) is -3.87. The summed E-state index contributed by atoms with van der Waals surface area (Å²) in [4.78, 5) is 27.5. The molecule has 0 unspecified atom stereocenters. The van der Waals surface area contributed by atoms with Crippen molar-refractivity contribution in [2.45, 2.75) is 32.9 Å². The van der Waals surface area contributed by atoms with Crippen LogP contribution in [0.15, 0.2) is 42.5 Å². The SMILES string of the molecule is CCNC(=O)[C@@H](CC)N(Cc1ccc(F)cc1)C(=O)CN(c1ccc2c(c1)OCO2)S(C)(=O)=O. The normalized spacial score (nSPS) is 13.3. The standard InChI is InChI=1S/C23H28FN3O6S/c1-4-19(23(29)25-5-2)26(13-16-6-8-17(24)9-7-16)22(28)14-27(34(3,30)31)18-10-11-20-21(12-18)33-15-32-20/h6-12,19H,4-5,13-15H2,1-3H3,(H,25,29)/t19-/m1/s1. The summed E-state index contributed by atoms with van der Waals surface area (Å²) in [6, 6.07) is 9.31. The van der Waals surface area contributed by atoms with E-state index in [1.807, 2.05) is 0 Å². The van der Waals surface area contributed by atoms with Crippen molar-refractivity contribution in [2.75, 3.05) is 30.4 Å². The third kappa shape index (κ3) is 5.96. The van der Waals surface area contributed by atoms with Gasteiger partial charge < -0.3 is 19.7 Å². The number of halogens is 1. The summed E-state index contributed by atoms with van der Waals surface area (Å²) in [5.74, 6) is -0.511. The number of benzene rings is 2. The van der Waals surface area contributed by atoms with E-state index in [4.69, 9.17) is 9.47 Å². The minimum Gasteiger partial charge on any atom is -0.454 e. The molecule has 2 amide bonds. The van der Waals surface area contributed by atoms with Gasteiger partial charge in [0.25, 0.3) is 0 Å². The summed E-state index contributed by atoms with van der Waals surface area (Å²) in [6.45, 7) is 3.40. The fourth-order valence-corrected chi connectivity index (χ4v) is 4.49. The maximum Gasteiger partial charge on any atom is 0.244 e. The van der Waals surface area contributed by atoms with Crippen molar-refractivity contribution < 1.29 is 31.9 Å². The summed E-state index contributed by atoms with van der Waals surface area (Å²) in [5, 5.41) is 2.72. The van der Waals surface area contributed by atoms with Crippen LogP contribution in [0.1, 0.15) is 25.8 Å². The number of hydrogen-bond donors (Lipinski definition) is 1. The molecule has 0 saturated heterocycles. The molecule has 1 aliphatic heterocycles. The van der Waals surface area contributed by atoms with Crippen molar-refractivity contribution in [3.63, 3.8) is 0 Å². The van der Waals surface area contributed by atoms with E-state index in [-0.39, 0.29) is 24.9 Å². The van der Waals surface area contributed by atoms with Crippen LogP contribution >= 0.6 is 0 Å². The molecule has 0 radical (unpaired) electrons. The number of nitrogens with one attached hydrogen (secondary N) is 1. The number of carbonyl (C=O) groups is 2. The molecule has 0 aliphatic carbocycles. The predicted octanol–water partition coefficient (Wildman–Crippen LogP) is 2.26. The van der Waals surface area contributed by atoms with E-state index < -0.39 is 34.3 Å². The fraction of sp³-hybridized carbons (Fsp3) is 0.391. The Labute approximate surface area is 198 Å². The van der Waals surface area contributed by atoms with Gasteiger partial charge in [-0.3, -0.25) is 13.9 Å².